The highest BCUT2D eigenvalue weighted by Gasteiger charge is 1.86. The lowest BCUT2D eigenvalue weighted by Crippen LogP contribution is -1.68. The van der Waals surface area contributed by atoms with Crippen molar-refractivity contribution in [2.45, 2.75) is 20.8 Å². The van der Waals surface area contributed by atoms with Gasteiger partial charge < -0.3 is 0 Å². The molecule has 0 spiro atoms. The minimum Gasteiger partial charge on any atom is -0.183 e. The summed E-state index contributed by atoms with van der Waals surface area (Å²) in [7, 11) is 0. The fourth-order valence-corrected chi connectivity index (χ4v) is 0.687. The lowest BCUT2D eigenvalue weighted by atomic mass is 10.2. The third kappa shape index (κ3) is 6.56. The first-order chi connectivity index (χ1) is 5.80. The Balaban J connectivity index is 0. The van der Waals surface area contributed by atoms with E-state index in [0.717, 1.165) is 10.6 Å². The highest BCUT2D eigenvalue weighted by atomic mass is 35.5. The minimum atomic E-state index is 0.840. The van der Waals surface area contributed by atoms with Crippen molar-refractivity contribution in [2.75, 3.05) is 6.26 Å². The van der Waals surface area contributed by atoms with Gasteiger partial charge in [-0.25, -0.2) is 0 Å². The van der Waals surface area contributed by atoms with Gasteiger partial charge in [0, 0.05) is 5.02 Å². The molecule has 0 aliphatic heterocycles. The van der Waals surface area contributed by atoms with Crippen molar-refractivity contribution < 1.29 is 0 Å². The summed E-state index contributed by atoms with van der Waals surface area (Å²) >= 11 is 9.24. The molecule has 1 aromatic rings. The summed E-state index contributed by atoms with van der Waals surface area (Å²) in [5.74, 6) is 0. The molecule has 1 aromatic carbocycles. The lowest BCUT2D eigenvalue weighted by molar-refractivity contribution is 1.47. The Hall–Kier alpha value is -0.140. The van der Waals surface area contributed by atoms with Crippen molar-refractivity contribution in [3.63, 3.8) is 0 Å². The van der Waals surface area contributed by atoms with Crippen LogP contribution < -0.4 is 0 Å². The second kappa shape index (κ2) is 10.9. The van der Waals surface area contributed by atoms with Crippen LogP contribution in [0.1, 0.15) is 19.4 Å². The van der Waals surface area contributed by atoms with Gasteiger partial charge in [-0.15, -0.1) is 0 Å². The van der Waals surface area contributed by atoms with Crippen molar-refractivity contribution in [2.24, 2.45) is 0 Å². The molecule has 0 amide bonds. The molecule has 0 aliphatic rings. The average Bonchev–Trinajstić information content (AvgIpc) is 2.17. The molecule has 1 rings (SSSR count). The van der Waals surface area contributed by atoms with Crippen molar-refractivity contribution >= 4 is 24.2 Å². The van der Waals surface area contributed by atoms with Gasteiger partial charge in [-0.3, -0.25) is 0 Å². The third-order valence-corrected chi connectivity index (χ3v) is 1.50. The summed E-state index contributed by atoms with van der Waals surface area (Å²) in [4.78, 5) is 0. The number of rotatable bonds is 0. The predicted molar refractivity (Wildman–Crippen MR) is 62.4 cm³/mol. The van der Waals surface area contributed by atoms with E-state index in [-0.39, 0.29) is 0 Å². The number of hydrogen-bond acceptors (Lipinski definition) is 1. The second-order valence-corrected chi connectivity index (χ2v) is 2.16. The van der Waals surface area contributed by atoms with Gasteiger partial charge in [-0.05, 0) is 24.8 Å². The molecule has 0 bridgehead atoms. The van der Waals surface area contributed by atoms with Crippen LogP contribution in [-0.2, 0) is 0 Å². The zero-order valence-electron chi connectivity index (χ0n) is 8.13. The molecule has 0 aliphatic carbocycles. The monoisotopic (exact) mass is 204 g/mol. The molecular weight excluding hydrogens is 188 g/mol. The molecule has 0 unspecified atom stereocenters. The first-order valence-electron chi connectivity index (χ1n) is 3.96. The van der Waals surface area contributed by atoms with E-state index in [1.165, 1.54) is 0 Å². The van der Waals surface area contributed by atoms with Crippen molar-refractivity contribution in [3.8, 4) is 0 Å². The van der Waals surface area contributed by atoms with E-state index in [0.29, 0.717) is 0 Å². The highest BCUT2D eigenvalue weighted by molar-refractivity contribution is 7.79. The summed E-state index contributed by atoms with van der Waals surface area (Å²) in [6.45, 7) is 5.99. The molecule has 0 fully saturated rings. The smallest absolute Gasteiger partial charge is 0.0435 e. The first-order valence-corrected chi connectivity index (χ1v) is 5.24. The maximum Gasteiger partial charge on any atom is 0.0435 e. The Morgan fingerprint density at radius 1 is 1.08 bits per heavy atom. The van der Waals surface area contributed by atoms with Crippen LogP contribution in [0.5, 0.6) is 0 Å². The number of halogens is 1. The quantitative estimate of drug-likeness (QED) is 0.602. The van der Waals surface area contributed by atoms with E-state index in [9.17, 15) is 0 Å². The average molecular weight is 205 g/mol. The van der Waals surface area contributed by atoms with Crippen LogP contribution in [0, 0.1) is 6.92 Å². The van der Waals surface area contributed by atoms with Crippen LogP contribution in [0.3, 0.4) is 0 Å². The summed E-state index contributed by atoms with van der Waals surface area (Å²) < 4.78 is 0. The van der Waals surface area contributed by atoms with Crippen LogP contribution in [-0.4, -0.2) is 6.26 Å². The van der Waals surface area contributed by atoms with Gasteiger partial charge in [0.15, 0.2) is 0 Å². The minimum absolute atomic E-state index is 0.840. The van der Waals surface area contributed by atoms with Gasteiger partial charge in [0.25, 0.3) is 0 Å². The van der Waals surface area contributed by atoms with Crippen molar-refractivity contribution in [1.82, 2.24) is 0 Å². The van der Waals surface area contributed by atoms with E-state index in [2.05, 4.69) is 12.6 Å². The molecule has 70 valence electrons. The standard InChI is InChI=1S/C7H7Cl.C2H6.CH4S/c1-6-4-2-3-5-7(6)8;2*1-2/h2-5H,1H3;1-2H3;2H,1H3. The molecule has 0 nitrogen and oxygen atoms in total. The van der Waals surface area contributed by atoms with E-state index in [1.54, 1.807) is 6.26 Å². The summed E-state index contributed by atoms with van der Waals surface area (Å²) in [5, 5.41) is 0.840. The Labute approximate surface area is 86.4 Å². The summed E-state index contributed by atoms with van der Waals surface area (Å²) in [6, 6.07) is 7.77. The fraction of sp³-hybridized carbons (Fsp3) is 0.400. The van der Waals surface area contributed by atoms with Gasteiger partial charge in [0.2, 0.25) is 0 Å². The van der Waals surface area contributed by atoms with Crippen LogP contribution in [0.15, 0.2) is 24.3 Å². The molecule has 0 aromatic heterocycles. The summed E-state index contributed by atoms with van der Waals surface area (Å²) in [6.07, 6.45) is 1.69. The fourth-order valence-electron chi connectivity index (χ4n) is 0.551. The molecule has 12 heavy (non-hydrogen) atoms. The SMILES string of the molecule is CC.CS.Cc1ccccc1Cl. The topological polar surface area (TPSA) is 0 Å². The van der Waals surface area contributed by atoms with Gasteiger partial charge in [-0.1, -0.05) is 43.6 Å². The number of benzene rings is 1. The normalized spacial score (nSPS) is 7.17. The molecule has 0 radical (unpaired) electrons. The number of thiol groups is 1. The third-order valence-electron chi connectivity index (χ3n) is 1.08. The molecule has 0 saturated carbocycles. The summed E-state index contributed by atoms with van der Waals surface area (Å²) in [5.41, 5.74) is 1.13. The predicted octanol–water partition coefficient (Wildman–Crippen LogP) is 4.22. The zero-order valence-corrected chi connectivity index (χ0v) is 9.78. The Bertz CT molecular complexity index is 166. The Morgan fingerprint density at radius 3 is 1.75 bits per heavy atom. The van der Waals surface area contributed by atoms with Crippen LogP contribution in [0.25, 0.3) is 0 Å². The zero-order chi connectivity index (χ0) is 9.98. The van der Waals surface area contributed by atoms with Gasteiger partial charge in [0.05, 0.1) is 0 Å². The molecule has 2 heteroatoms. The van der Waals surface area contributed by atoms with Gasteiger partial charge in [-0.2, -0.15) is 12.6 Å². The Morgan fingerprint density at radius 2 is 1.50 bits per heavy atom. The molecule has 0 saturated heterocycles. The maximum atomic E-state index is 5.71. The maximum absolute atomic E-state index is 5.71. The molecule has 0 heterocycles. The van der Waals surface area contributed by atoms with E-state index in [4.69, 9.17) is 11.6 Å². The van der Waals surface area contributed by atoms with Gasteiger partial charge in [0.1, 0.15) is 0 Å². The molecule has 0 atom stereocenters. The largest absolute Gasteiger partial charge is 0.183 e. The second-order valence-electron chi connectivity index (χ2n) is 1.75. The van der Waals surface area contributed by atoms with Crippen molar-refractivity contribution in [1.29, 1.82) is 0 Å². The Kier molecular flexibility index (Phi) is 13.0. The van der Waals surface area contributed by atoms with Crippen LogP contribution >= 0.6 is 24.2 Å². The van der Waals surface area contributed by atoms with Crippen LogP contribution in [0.2, 0.25) is 5.02 Å². The lowest BCUT2D eigenvalue weighted by Gasteiger charge is -1.90. The van der Waals surface area contributed by atoms with Crippen molar-refractivity contribution in [3.05, 3.63) is 34.9 Å². The number of aryl methyl sites for hydroxylation is 1. The van der Waals surface area contributed by atoms with E-state index >= 15 is 0 Å². The number of hydrogen-bond donors (Lipinski definition) is 1. The van der Waals surface area contributed by atoms with Crippen LogP contribution in [0.4, 0.5) is 0 Å². The van der Waals surface area contributed by atoms with E-state index in [1.807, 2.05) is 45.0 Å². The molecular formula is C10H17ClS. The van der Waals surface area contributed by atoms with E-state index < -0.39 is 0 Å². The van der Waals surface area contributed by atoms with Gasteiger partial charge >= 0.3 is 0 Å². The highest BCUT2D eigenvalue weighted by Crippen LogP contribution is 2.11. The first kappa shape index (κ1) is 14.4. The molecule has 0 N–H and O–H groups in total.